The molecule has 0 bridgehead atoms. The van der Waals surface area contributed by atoms with E-state index < -0.39 is 0 Å². The van der Waals surface area contributed by atoms with Crippen LogP contribution in [0.15, 0.2) is 24.3 Å². The summed E-state index contributed by atoms with van der Waals surface area (Å²) in [6, 6.07) is 7.42. The van der Waals surface area contributed by atoms with Crippen LogP contribution >= 0.6 is 11.3 Å². The fraction of sp³-hybridized carbons (Fsp3) is 0.308. The maximum Gasteiger partial charge on any atom is 0.234 e. The average Bonchev–Trinajstić information content (AvgIpc) is 2.96. The lowest BCUT2D eigenvalue weighted by Crippen LogP contribution is -2.01. The molecule has 0 radical (unpaired) electrons. The summed E-state index contributed by atoms with van der Waals surface area (Å²) >= 11 is 1.47. The Balaban J connectivity index is 1.80. The first-order chi connectivity index (χ1) is 9.65. The van der Waals surface area contributed by atoms with E-state index in [1.165, 1.54) is 11.3 Å². The van der Waals surface area contributed by atoms with E-state index in [-0.39, 0.29) is 5.92 Å². The van der Waals surface area contributed by atoms with E-state index in [0.29, 0.717) is 18.0 Å². The predicted molar refractivity (Wildman–Crippen MR) is 77.9 cm³/mol. The van der Waals surface area contributed by atoms with Crippen LogP contribution in [0.2, 0.25) is 0 Å². The second-order valence-electron chi connectivity index (χ2n) is 4.73. The number of aromatic nitrogens is 4. The lowest BCUT2D eigenvalue weighted by molar-refractivity contribution is 0.305. The van der Waals surface area contributed by atoms with Gasteiger partial charge in [0.05, 0.1) is 5.69 Å². The molecule has 0 aliphatic heterocycles. The maximum absolute atomic E-state index is 5.83. The van der Waals surface area contributed by atoms with Crippen LogP contribution in [0, 0.1) is 0 Å². The van der Waals surface area contributed by atoms with Crippen molar-refractivity contribution < 1.29 is 4.74 Å². The lowest BCUT2D eigenvalue weighted by Gasteiger charge is -2.06. The largest absolute Gasteiger partial charge is 0.484 e. The molecule has 0 amide bonds. The summed E-state index contributed by atoms with van der Waals surface area (Å²) in [7, 11) is 0. The number of ether oxygens (including phenoxy) is 1. The van der Waals surface area contributed by atoms with Gasteiger partial charge in [0.1, 0.15) is 12.4 Å². The SMILES string of the molecule is CC(C)c1nnc2sc(COc3ccccc3N)nn12. The van der Waals surface area contributed by atoms with Crippen molar-refractivity contribution in [1.29, 1.82) is 0 Å². The van der Waals surface area contributed by atoms with Gasteiger partial charge in [-0.2, -0.15) is 9.61 Å². The topological polar surface area (TPSA) is 78.3 Å². The molecule has 2 N–H and O–H groups in total. The normalized spacial score (nSPS) is 11.3. The lowest BCUT2D eigenvalue weighted by atomic mass is 10.2. The molecule has 20 heavy (non-hydrogen) atoms. The van der Waals surface area contributed by atoms with Crippen molar-refractivity contribution in [2.75, 3.05) is 5.73 Å². The van der Waals surface area contributed by atoms with Crippen molar-refractivity contribution in [3.63, 3.8) is 0 Å². The summed E-state index contributed by atoms with van der Waals surface area (Å²) < 4.78 is 7.46. The zero-order valence-electron chi connectivity index (χ0n) is 11.3. The summed E-state index contributed by atoms with van der Waals surface area (Å²) in [6.45, 7) is 4.51. The van der Waals surface area contributed by atoms with Gasteiger partial charge in [0, 0.05) is 5.92 Å². The molecule has 0 spiro atoms. The molecule has 0 saturated carbocycles. The van der Waals surface area contributed by atoms with Gasteiger partial charge in [-0.1, -0.05) is 37.3 Å². The number of para-hydroxylation sites is 2. The van der Waals surface area contributed by atoms with E-state index in [9.17, 15) is 0 Å². The van der Waals surface area contributed by atoms with Gasteiger partial charge in [-0.3, -0.25) is 0 Å². The molecule has 0 aliphatic rings. The number of nitrogens with zero attached hydrogens (tertiary/aromatic N) is 4. The van der Waals surface area contributed by atoms with Gasteiger partial charge in [-0.05, 0) is 12.1 Å². The Hall–Kier alpha value is -2.15. The third-order valence-electron chi connectivity index (χ3n) is 2.84. The van der Waals surface area contributed by atoms with Gasteiger partial charge >= 0.3 is 0 Å². The van der Waals surface area contributed by atoms with Crippen molar-refractivity contribution in [3.8, 4) is 5.75 Å². The van der Waals surface area contributed by atoms with E-state index in [1.54, 1.807) is 4.52 Å². The maximum atomic E-state index is 5.83. The van der Waals surface area contributed by atoms with Gasteiger partial charge in [-0.15, -0.1) is 10.2 Å². The molecule has 104 valence electrons. The molecule has 2 heterocycles. The smallest absolute Gasteiger partial charge is 0.234 e. The minimum Gasteiger partial charge on any atom is -0.484 e. The third-order valence-corrected chi connectivity index (χ3v) is 3.72. The first-order valence-electron chi connectivity index (χ1n) is 6.33. The van der Waals surface area contributed by atoms with Crippen LogP contribution in [0.4, 0.5) is 5.69 Å². The average molecular weight is 289 g/mol. The van der Waals surface area contributed by atoms with E-state index in [4.69, 9.17) is 10.5 Å². The minimum atomic E-state index is 0.283. The number of hydrogen-bond donors (Lipinski definition) is 1. The number of nitrogens with two attached hydrogens (primary N) is 1. The Bertz CT molecular complexity index is 733. The predicted octanol–water partition coefficient (Wildman–Crippen LogP) is 2.47. The Morgan fingerprint density at radius 3 is 2.85 bits per heavy atom. The van der Waals surface area contributed by atoms with Crippen LogP contribution in [0.25, 0.3) is 4.96 Å². The Morgan fingerprint density at radius 2 is 2.10 bits per heavy atom. The first-order valence-corrected chi connectivity index (χ1v) is 7.15. The Morgan fingerprint density at radius 1 is 1.30 bits per heavy atom. The Kier molecular flexibility index (Phi) is 3.27. The van der Waals surface area contributed by atoms with Gasteiger partial charge in [0.25, 0.3) is 0 Å². The monoisotopic (exact) mass is 289 g/mol. The summed E-state index contributed by atoms with van der Waals surface area (Å²) in [5.41, 5.74) is 6.46. The molecule has 7 heteroatoms. The highest BCUT2D eigenvalue weighted by molar-refractivity contribution is 7.16. The van der Waals surface area contributed by atoms with Crippen molar-refractivity contribution in [2.24, 2.45) is 0 Å². The molecule has 3 aromatic rings. The zero-order valence-corrected chi connectivity index (χ0v) is 12.1. The van der Waals surface area contributed by atoms with Crippen molar-refractivity contribution >= 4 is 22.0 Å². The standard InChI is InChI=1S/C13H15N5OS/c1-8(2)12-15-16-13-18(12)17-11(20-13)7-19-10-6-4-3-5-9(10)14/h3-6,8H,7,14H2,1-2H3. The molecule has 0 saturated heterocycles. The van der Waals surface area contributed by atoms with Crippen molar-refractivity contribution in [3.05, 3.63) is 35.1 Å². The molecule has 0 unspecified atom stereocenters. The number of anilines is 1. The highest BCUT2D eigenvalue weighted by atomic mass is 32.1. The molecule has 0 fully saturated rings. The van der Waals surface area contributed by atoms with Crippen molar-refractivity contribution in [2.45, 2.75) is 26.4 Å². The molecule has 0 aliphatic carbocycles. The fourth-order valence-corrected chi connectivity index (χ4v) is 2.60. The molecular weight excluding hydrogens is 274 g/mol. The number of rotatable bonds is 4. The van der Waals surface area contributed by atoms with E-state index in [2.05, 4.69) is 29.1 Å². The van der Waals surface area contributed by atoms with Gasteiger partial charge in [-0.25, -0.2) is 0 Å². The molecule has 6 nitrogen and oxygen atoms in total. The molecule has 1 aromatic carbocycles. The molecular formula is C13H15N5OS. The quantitative estimate of drug-likeness (QED) is 0.746. The highest BCUT2D eigenvalue weighted by Gasteiger charge is 2.14. The second-order valence-corrected chi connectivity index (χ2v) is 5.77. The summed E-state index contributed by atoms with van der Waals surface area (Å²) in [5, 5.41) is 13.6. The van der Waals surface area contributed by atoms with Crippen LogP contribution in [-0.2, 0) is 6.61 Å². The van der Waals surface area contributed by atoms with E-state index in [1.807, 2.05) is 24.3 Å². The van der Waals surface area contributed by atoms with Crippen LogP contribution < -0.4 is 10.5 Å². The molecule has 2 aromatic heterocycles. The van der Waals surface area contributed by atoms with Crippen LogP contribution in [0.3, 0.4) is 0 Å². The minimum absolute atomic E-state index is 0.283. The highest BCUT2D eigenvalue weighted by Crippen LogP contribution is 2.23. The summed E-state index contributed by atoms with van der Waals surface area (Å²) in [6.07, 6.45) is 0. The van der Waals surface area contributed by atoms with Gasteiger partial charge in [0.2, 0.25) is 4.96 Å². The van der Waals surface area contributed by atoms with Crippen molar-refractivity contribution in [1.82, 2.24) is 19.8 Å². The van der Waals surface area contributed by atoms with E-state index in [0.717, 1.165) is 15.8 Å². The van der Waals surface area contributed by atoms with Crippen LogP contribution in [-0.4, -0.2) is 19.8 Å². The number of nitrogen functional groups attached to an aromatic ring is 1. The Labute approximate surface area is 120 Å². The zero-order chi connectivity index (χ0) is 14.1. The first kappa shape index (κ1) is 12.9. The van der Waals surface area contributed by atoms with E-state index >= 15 is 0 Å². The van der Waals surface area contributed by atoms with Gasteiger partial charge < -0.3 is 10.5 Å². The third kappa shape index (κ3) is 2.32. The van der Waals surface area contributed by atoms with Gasteiger partial charge in [0.15, 0.2) is 10.8 Å². The van der Waals surface area contributed by atoms with Crippen LogP contribution in [0.5, 0.6) is 5.75 Å². The number of benzene rings is 1. The summed E-state index contributed by atoms with van der Waals surface area (Å²) in [5.74, 6) is 1.81. The second kappa shape index (κ2) is 5.09. The number of hydrogen-bond acceptors (Lipinski definition) is 6. The number of fused-ring (bicyclic) bond motifs is 1. The molecule has 0 atom stereocenters. The summed E-state index contributed by atoms with van der Waals surface area (Å²) in [4.78, 5) is 0.785. The fourth-order valence-electron chi connectivity index (χ4n) is 1.84. The molecule has 3 rings (SSSR count). The van der Waals surface area contributed by atoms with Crippen LogP contribution in [0.1, 0.15) is 30.6 Å².